The summed E-state index contributed by atoms with van der Waals surface area (Å²) in [5, 5.41) is 0.604. The van der Waals surface area contributed by atoms with Crippen LogP contribution in [0.2, 0.25) is 9.36 Å². The molecule has 4 heteroatoms. The molecule has 0 saturated heterocycles. The molecule has 2 rings (SSSR count). The first-order valence-corrected chi connectivity index (χ1v) is 8.50. The summed E-state index contributed by atoms with van der Waals surface area (Å²) in [6.45, 7) is 12.9. The Morgan fingerprint density at radius 3 is 1.67 bits per heavy atom. The van der Waals surface area contributed by atoms with Crippen molar-refractivity contribution >= 4 is 34.5 Å². The molecule has 0 bridgehead atoms. The van der Waals surface area contributed by atoms with Crippen LogP contribution in [0.1, 0.15) is 53.1 Å². The molecule has 0 N–H and O–H groups in total. The van der Waals surface area contributed by atoms with Gasteiger partial charge in [-0.3, -0.25) is 0 Å². The van der Waals surface area contributed by atoms with E-state index in [1.54, 1.807) is 0 Å². The van der Waals surface area contributed by atoms with E-state index in [9.17, 15) is 0 Å². The van der Waals surface area contributed by atoms with Crippen LogP contribution in [0.5, 0.6) is 0 Å². The maximum absolute atomic E-state index is 6.14. The third kappa shape index (κ3) is 3.80. The largest absolute Gasteiger partial charge is 0.335 e. The molecule has 0 aliphatic heterocycles. The predicted octanol–water partition coefficient (Wildman–Crippen LogP) is 7.19. The summed E-state index contributed by atoms with van der Waals surface area (Å²) in [6, 6.07) is 6.10. The van der Waals surface area contributed by atoms with E-state index in [0.717, 1.165) is 22.0 Å². The molecule has 114 valence electrons. The second-order valence-electron chi connectivity index (χ2n) is 7.31. The molecular weight excluding hydrogens is 323 g/mol. The fourth-order valence-corrected chi connectivity index (χ4v) is 3.23. The zero-order valence-electron chi connectivity index (χ0n) is 13.3. The van der Waals surface area contributed by atoms with Gasteiger partial charge in [0.2, 0.25) is 0 Å². The van der Waals surface area contributed by atoms with Crippen molar-refractivity contribution in [2.75, 3.05) is 0 Å². The van der Waals surface area contributed by atoms with Gasteiger partial charge in [-0.05, 0) is 47.6 Å². The highest BCUT2D eigenvalue weighted by atomic mass is 35.5. The van der Waals surface area contributed by atoms with Crippen molar-refractivity contribution in [3.05, 3.63) is 39.1 Å². The Hall–Kier alpha value is -0.570. The smallest absolute Gasteiger partial charge is 0.217 e. The molecule has 0 radical (unpaired) electrons. The first-order valence-electron chi connectivity index (χ1n) is 6.93. The molecule has 1 nitrogen and oxygen atoms in total. The van der Waals surface area contributed by atoms with Gasteiger partial charge in [0.15, 0.2) is 0 Å². The number of hydrogen-bond donors (Lipinski definition) is 0. The van der Waals surface area contributed by atoms with E-state index in [4.69, 9.17) is 27.6 Å². The van der Waals surface area contributed by atoms with Crippen LogP contribution in [0.4, 0.5) is 0 Å². The Labute approximate surface area is 140 Å². The van der Waals surface area contributed by atoms with Crippen molar-refractivity contribution in [2.45, 2.75) is 52.4 Å². The highest BCUT2D eigenvalue weighted by Crippen LogP contribution is 2.40. The van der Waals surface area contributed by atoms with Crippen LogP contribution in [0, 0.1) is 0 Å². The van der Waals surface area contributed by atoms with Crippen LogP contribution in [0.3, 0.4) is 0 Å². The van der Waals surface area contributed by atoms with E-state index >= 15 is 0 Å². The molecule has 0 atom stereocenters. The van der Waals surface area contributed by atoms with Gasteiger partial charge in [-0.25, -0.2) is 4.42 Å². The normalized spacial score (nSPS) is 12.8. The van der Waals surface area contributed by atoms with E-state index in [1.165, 1.54) is 11.3 Å². The molecule has 0 unspecified atom stereocenters. The van der Waals surface area contributed by atoms with E-state index in [0.29, 0.717) is 9.36 Å². The van der Waals surface area contributed by atoms with E-state index in [-0.39, 0.29) is 10.8 Å². The fourth-order valence-electron chi connectivity index (χ4n) is 1.87. The predicted molar refractivity (Wildman–Crippen MR) is 93.8 cm³/mol. The lowest BCUT2D eigenvalue weighted by atomic mass is 9.88. The van der Waals surface area contributed by atoms with Crippen molar-refractivity contribution in [2.24, 2.45) is 0 Å². The van der Waals surface area contributed by atoms with Gasteiger partial charge in [-0.2, -0.15) is 0 Å². The summed E-state index contributed by atoms with van der Waals surface area (Å²) in [5.41, 5.74) is 0.997. The molecule has 0 aliphatic rings. The number of thiophene rings is 1. The lowest BCUT2D eigenvalue weighted by Gasteiger charge is -2.14. The average molecular weight is 344 g/mol. The number of halogens is 2. The van der Waals surface area contributed by atoms with E-state index in [2.05, 4.69) is 53.7 Å². The SMILES string of the molecule is CC(C)(C)c1cc(-c2cc(Cl)c(Cl)s2)cc(C(C)(C)C)[o+]1. The van der Waals surface area contributed by atoms with Gasteiger partial charge in [0.25, 0.3) is 0 Å². The molecular formula is C17H21Cl2OS+. The topological polar surface area (TPSA) is 11.3 Å². The molecule has 0 aromatic carbocycles. The quantitative estimate of drug-likeness (QED) is 0.498. The van der Waals surface area contributed by atoms with Crippen LogP contribution >= 0.6 is 34.5 Å². The Morgan fingerprint density at radius 1 is 0.857 bits per heavy atom. The summed E-state index contributed by atoms with van der Waals surface area (Å²) >= 11 is 13.7. The highest BCUT2D eigenvalue weighted by Gasteiger charge is 2.34. The molecule has 2 aromatic heterocycles. The Bertz CT molecular complexity index is 609. The maximum atomic E-state index is 6.14. The standard InChI is InChI=1S/C17H21Cl2OS/c1-16(2,3)13-7-10(8-14(20-13)17(4,5)6)12-9-11(18)15(19)21-12/h7-9H,1-6H3/q+1. The van der Waals surface area contributed by atoms with Gasteiger partial charge in [0.1, 0.15) is 4.34 Å². The van der Waals surface area contributed by atoms with Crippen LogP contribution in [0.15, 0.2) is 22.6 Å². The van der Waals surface area contributed by atoms with Crippen molar-refractivity contribution < 1.29 is 4.42 Å². The van der Waals surface area contributed by atoms with Crippen LogP contribution < -0.4 is 0 Å². The van der Waals surface area contributed by atoms with Gasteiger partial charge in [0.05, 0.1) is 15.9 Å². The summed E-state index contributed by atoms with van der Waals surface area (Å²) in [7, 11) is 0. The first kappa shape index (κ1) is 16.8. The van der Waals surface area contributed by atoms with Crippen LogP contribution in [-0.2, 0) is 10.8 Å². The Kier molecular flexibility index (Phi) is 4.45. The minimum Gasteiger partial charge on any atom is -0.217 e. The zero-order valence-corrected chi connectivity index (χ0v) is 15.6. The van der Waals surface area contributed by atoms with Gasteiger partial charge in [-0.1, -0.05) is 23.2 Å². The van der Waals surface area contributed by atoms with Gasteiger partial charge in [-0.15, -0.1) is 11.3 Å². The van der Waals surface area contributed by atoms with E-state index in [1.807, 2.05) is 6.07 Å². The second-order valence-corrected chi connectivity index (χ2v) is 9.37. The van der Waals surface area contributed by atoms with Crippen molar-refractivity contribution in [3.63, 3.8) is 0 Å². The number of rotatable bonds is 1. The fraction of sp³-hybridized carbons (Fsp3) is 0.471. The molecule has 2 aromatic rings. The summed E-state index contributed by atoms with van der Waals surface area (Å²) in [4.78, 5) is 1.07. The van der Waals surface area contributed by atoms with Crippen molar-refractivity contribution in [1.82, 2.24) is 0 Å². The molecule has 0 amide bonds. The molecule has 0 spiro atoms. The minimum atomic E-state index is -0.0547. The van der Waals surface area contributed by atoms with Gasteiger partial charge < -0.3 is 0 Å². The first-order chi connectivity index (χ1) is 9.48. The summed E-state index contributed by atoms with van der Waals surface area (Å²) in [5.74, 6) is 1.93. The van der Waals surface area contributed by atoms with Gasteiger partial charge >= 0.3 is 11.5 Å². The molecule has 0 fully saturated rings. The lowest BCUT2D eigenvalue weighted by molar-refractivity contribution is 0.329. The van der Waals surface area contributed by atoms with E-state index < -0.39 is 0 Å². The Morgan fingerprint density at radius 2 is 1.33 bits per heavy atom. The lowest BCUT2D eigenvalue weighted by Crippen LogP contribution is -2.16. The highest BCUT2D eigenvalue weighted by molar-refractivity contribution is 7.20. The van der Waals surface area contributed by atoms with Crippen LogP contribution in [0.25, 0.3) is 10.4 Å². The zero-order chi connectivity index (χ0) is 16.0. The van der Waals surface area contributed by atoms with Crippen molar-refractivity contribution in [3.8, 4) is 10.4 Å². The summed E-state index contributed by atoms with van der Waals surface area (Å²) < 4.78 is 6.77. The van der Waals surface area contributed by atoms with Crippen molar-refractivity contribution in [1.29, 1.82) is 0 Å². The number of hydrogen-bond acceptors (Lipinski definition) is 1. The average Bonchev–Trinajstić information content (AvgIpc) is 2.67. The molecule has 21 heavy (non-hydrogen) atoms. The maximum Gasteiger partial charge on any atom is 0.335 e. The molecule has 0 saturated carbocycles. The third-order valence-corrected chi connectivity index (χ3v) is 5.12. The molecule has 2 heterocycles. The second kappa shape index (κ2) is 5.57. The Balaban J connectivity index is 2.65. The minimum absolute atomic E-state index is 0.0547. The third-order valence-electron chi connectivity index (χ3n) is 3.20. The van der Waals surface area contributed by atoms with Crippen LogP contribution in [-0.4, -0.2) is 0 Å². The monoisotopic (exact) mass is 343 g/mol. The van der Waals surface area contributed by atoms with Gasteiger partial charge in [0, 0.05) is 22.6 Å². The summed E-state index contributed by atoms with van der Waals surface area (Å²) in [6.07, 6.45) is 0. The molecule has 0 aliphatic carbocycles.